The van der Waals surface area contributed by atoms with Crippen LogP contribution in [0.25, 0.3) is 0 Å². The molecule has 2 unspecified atom stereocenters. The SMILES string of the molecule is O=C(O)c1ccccc1NC1O[C@H](C(O)P(=O)(O)O)[C@@H](O)[C@H]1O. The van der Waals surface area contributed by atoms with Gasteiger partial charge in [0, 0.05) is 0 Å². The Morgan fingerprint density at radius 3 is 2.39 bits per heavy atom. The summed E-state index contributed by atoms with van der Waals surface area (Å²) in [6.07, 6.45) is -6.51. The minimum Gasteiger partial charge on any atom is -0.478 e. The Labute approximate surface area is 130 Å². The molecule has 0 amide bonds. The van der Waals surface area contributed by atoms with Gasteiger partial charge in [0.05, 0.1) is 11.3 Å². The third-order valence-corrected chi connectivity index (χ3v) is 4.38. The van der Waals surface area contributed by atoms with Crippen LogP contribution < -0.4 is 5.32 Å². The van der Waals surface area contributed by atoms with E-state index < -0.39 is 43.9 Å². The molecular weight excluding hydrogens is 333 g/mol. The predicted octanol–water partition coefficient (Wildman–Crippen LogP) is -1.26. The molecule has 0 bridgehead atoms. The molecule has 128 valence electrons. The molecule has 0 radical (unpaired) electrons. The lowest BCUT2D eigenvalue weighted by Crippen LogP contribution is -2.39. The number of para-hydroxylation sites is 1. The first-order valence-corrected chi connectivity index (χ1v) is 8.15. The highest BCUT2D eigenvalue weighted by Gasteiger charge is 2.51. The molecule has 1 heterocycles. The Balaban J connectivity index is 2.20. The quantitative estimate of drug-likeness (QED) is 0.317. The second kappa shape index (κ2) is 6.54. The van der Waals surface area contributed by atoms with Crippen LogP contribution in [-0.2, 0) is 9.30 Å². The van der Waals surface area contributed by atoms with Crippen molar-refractivity contribution in [2.45, 2.75) is 30.4 Å². The zero-order valence-electron chi connectivity index (χ0n) is 11.6. The number of hydrogen-bond acceptors (Lipinski definition) is 7. The number of aliphatic hydroxyl groups excluding tert-OH is 3. The van der Waals surface area contributed by atoms with Crippen molar-refractivity contribution in [2.75, 3.05) is 5.32 Å². The normalized spacial score (nSPS) is 29.3. The fourth-order valence-electron chi connectivity index (χ4n) is 2.21. The highest BCUT2D eigenvalue weighted by molar-refractivity contribution is 7.52. The van der Waals surface area contributed by atoms with Gasteiger partial charge in [0.25, 0.3) is 0 Å². The number of benzene rings is 1. The summed E-state index contributed by atoms with van der Waals surface area (Å²) in [6, 6.07) is 5.69. The van der Waals surface area contributed by atoms with Crippen LogP contribution in [0.3, 0.4) is 0 Å². The second-order valence-electron chi connectivity index (χ2n) is 5.00. The molecule has 7 N–H and O–H groups in total. The molecule has 1 fully saturated rings. The number of ether oxygens (including phenoxy) is 1. The van der Waals surface area contributed by atoms with Gasteiger partial charge in [-0.05, 0) is 12.1 Å². The number of aromatic carboxylic acids is 1. The van der Waals surface area contributed by atoms with E-state index in [0.717, 1.165) is 0 Å². The molecule has 5 atom stereocenters. The van der Waals surface area contributed by atoms with Crippen molar-refractivity contribution in [1.82, 2.24) is 0 Å². The van der Waals surface area contributed by atoms with Gasteiger partial charge in [-0.2, -0.15) is 0 Å². The van der Waals surface area contributed by atoms with Crippen LogP contribution in [0.15, 0.2) is 24.3 Å². The Hall–Kier alpha value is -1.52. The number of hydrogen-bond donors (Lipinski definition) is 7. The molecule has 23 heavy (non-hydrogen) atoms. The molecule has 1 aliphatic heterocycles. The maximum Gasteiger partial charge on any atom is 0.356 e. The average Bonchev–Trinajstić information content (AvgIpc) is 2.74. The van der Waals surface area contributed by atoms with Crippen LogP contribution in [0.2, 0.25) is 0 Å². The highest BCUT2D eigenvalue weighted by atomic mass is 31.2. The Morgan fingerprint density at radius 1 is 1.22 bits per heavy atom. The van der Waals surface area contributed by atoms with E-state index in [4.69, 9.17) is 19.6 Å². The second-order valence-corrected chi connectivity index (χ2v) is 6.71. The Morgan fingerprint density at radius 2 is 1.83 bits per heavy atom. The molecule has 11 heteroatoms. The number of aliphatic hydroxyl groups is 3. The molecular formula is C12H16NO9P. The first-order valence-electron chi connectivity index (χ1n) is 6.46. The summed E-state index contributed by atoms with van der Waals surface area (Å²) in [6.45, 7) is 0. The first-order chi connectivity index (χ1) is 10.6. The molecule has 2 rings (SSSR count). The number of carbonyl (C=O) groups is 1. The number of rotatable bonds is 5. The summed E-state index contributed by atoms with van der Waals surface area (Å²) in [7, 11) is -4.97. The molecule has 0 saturated carbocycles. The van der Waals surface area contributed by atoms with E-state index in [9.17, 15) is 24.7 Å². The zero-order chi connectivity index (χ0) is 17.4. The predicted molar refractivity (Wildman–Crippen MR) is 75.7 cm³/mol. The van der Waals surface area contributed by atoms with E-state index in [1.165, 1.54) is 24.3 Å². The minimum atomic E-state index is -4.97. The molecule has 0 aromatic heterocycles. The van der Waals surface area contributed by atoms with Gasteiger partial charge in [-0.3, -0.25) is 4.57 Å². The maximum atomic E-state index is 11.1. The summed E-state index contributed by atoms with van der Waals surface area (Å²) < 4.78 is 16.1. The molecule has 1 aromatic carbocycles. The lowest BCUT2D eigenvalue weighted by Gasteiger charge is -2.21. The lowest BCUT2D eigenvalue weighted by molar-refractivity contribution is -0.0385. The molecule has 10 nitrogen and oxygen atoms in total. The van der Waals surface area contributed by atoms with Gasteiger partial charge in [0.1, 0.15) is 18.3 Å². The summed E-state index contributed by atoms with van der Waals surface area (Å²) in [5.74, 6) is -3.57. The van der Waals surface area contributed by atoms with Crippen LogP contribution in [0.4, 0.5) is 5.69 Å². The summed E-state index contributed by atoms with van der Waals surface area (Å²) in [4.78, 5) is 29.0. The number of carboxylic acid groups (broad SMARTS) is 1. The van der Waals surface area contributed by atoms with Crippen LogP contribution in [0, 0.1) is 0 Å². The van der Waals surface area contributed by atoms with E-state index >= 15 is 0 Å². The van der Waals surface area contributed by atoms with Gasteiger partial charge in [-0.15, -0.1) is 0 Å². The molecule has 0 aliphatic carbocycles. The smallest absolute Gasteiger partial charge is 0.356 e. The van der Waals surface area contributed by atoms with Crippen LogP contribution in [-0.4, -0.2) is 66.6 Å². The fourth-order valence-corrected chi connectivity index (χ4v) is 2.84. The summed E-state index contributed by atoms with van der Waals surface area (Å²) in [5, 5.41) is 40.8. The number of anilines is 1. The van der Waals surface area contributed by atoms with E-state index in [2.05, 4.69) is 5.32 Å². The van der Waals surface area contributed by atoms with Gasteiger partial charge in [-0.25, -0.2) is 4.79 Å². The third-order valence-electron chi connectivity index (χ3n) is 3.39. The topological polar surface area (TPSA) is 177 Å². The maximum absolute atomic E-state index is 11.1. The van der Waals surface area contributed by atoms with Crippen LogP contribution in [0.1, 0.15) is 10.4 Å². The van der Waals surface area contributed by atoms with E-state index in [1.807, 2.05) is 0 Å². The van der Waals surface area contributed by atoms with Crippen molar-refractivity contribution in [3.63, 3.8) is 0 Å². The van der Waals surface area contributed by atoms with E-state index in [-0.39, 0.29) is 11.3 Å². The van der Waals surface area contributed by atoms with Gasteiger partial charge in [0.2, 0.25) is 0 Å². The fraction of sp³-hybridized carbons (Fsp3) is 0.417. The lowest BCUT2D eigenvalue weighted by atomic mass is 10.1. The van der Waals surface area contributed by atoms with Crippen molar-refractivity contribution in [3.8, 4) is 0 Å². The zero-order valence-corrected chi connectivity index (χ0v) is 12.4. The number of carboxylic acids is 1. The molecule has 1 aliphatic rings. The van der Waals surface area contributed by atoms with Crippen LogP contribution in [0.5, 0.6) is 0 Å². The van der Waals surface area contributed by atoms with Crippen molar-refractivity contribution in [2.24, 2.45) is 0 Å². The summed E-state index contributed by atoms with van der Waals surface area (Å²) >= 11 is 0. The van der Waals surface area contributed by atoms with Crippen LogP contribution >= 0.6 is 7.60 Å². The Bertz CT molecular complexity index is 633. The van der Waals surface area contributed by atoms with Gasteiger partial charge in [0.15, 0.2) is 12.1 Å². The summed E-state index contributed by atoms with van der Waals surface area (Å²) in [5.41, 5.74) is -0.0562. The van der Waals surface area contributed by atoms with Crippen molar-refractivity contribution in [3.05, 3.63) is 29.8 Å². The first kappa shape index (κ1) is 17.8. The van der Waals surface area contributed by atoms with Gasteiger partial charge >= 0.3 is 13.6 Å². The van der Waals surface area contributed by atoms with E-state index in [1.54, 1.807) is 0 Å². The monoisotopic (exact) mass is 349 g/mol. The molecule has 0 spiro atoms. The average molecular weight is 349 g/mol. The molecule has 1 aromatic rings. The van der Waals surface area contributed by atoms with Gasteiger partial charge in [-0.1, -0.05) is 12.1 Å². The highest BCUT2D eigenvalue weighted by Crippen LogP contribution is 2.45. The third kappa shape index (κ3) is 3.70. The standard InChI is InChI=1S/C12H16NO9P/c14-7-8(15)10(22-9(7)12(18)23(19,20)21)13-6-4-2-1-3-5(6)11(16)17/h1-4,7-10,12-15,18H,(H,16,17)(H2,19,20,21)/t7-,8+,9-,10?,12?/m0/s1. The van der Waals surface area contributed by atoms with Gasteiger partial charge < -0.3 is 40.3 Å². The Kier molecular flexibility index (Phi) is 5.07. The van der Waals surface area contributed by atoms with Crippen molar-refractivity contribution in [1.29, 1.82) is 0 Å². The van der Waals surface area contributed by atoms with E-state index in [0.29, 0.717) is 0 Å². The van der Waals surface area contributed by atoms with Crippen molar-refractivity contribution >= 4 is 19.3 Å². The minimum absolute atomic E-state index is 0.0718. The number of nitrogens with one attached hydrogen (secondary N) is 1. The largest absolute Gasteiger partial charge is 0.478 e. The molecule has 1 saturated heterocycles. The van der Waals surface area contributed by atoms with Crippen molar-refractivity contribution < 1.29 is 44.3 Å².